The van der Waals surface area contributed by atoms with Crippen molar-refractivity contribution in [2.24, 2.45) is 0 Å². The Labute approximate surface area is 170 Å². The number of rotatable bonds is 5. The maximum absolute atomic E-state index is 14.5. The third-order valence-corrected chi connectivity index (χ3v) is 4.68. The van der Waals surface area contributed by atoms with Crippen molar-refractivity contribution >= 4 is 5.65 Å². The molecule has 1 unspecified atom stereocenters. The van der Waals surface area contributed by atoms with Gasteiger partial charge in [0, 0.05) is 11.1 Å². The molecule has 5 aromatic rings. The van der Waals surface area contributed by atoms with Gasteiger partial charge in [0.2, 0.25) is 5.88 Å². The van der Waals surface area contributed by atoms with Gasteiger partial charge in [-0.1, -0.05) is 42.5 Å². The van der Waals surface area contributed by atoms with Gasteiger partial charge in [-0.25, -0.2) is 9.37 Å². The van der Waals surface area contributed by atoms with Crippen molar-refractivity contribution in [3.05, 3.63) is 78.9 Å². The lowest BCUT2D eigenvalue weighted by molar-refractivity contribution is 0.210. The first-order valence-corrected chi connectivity index (χ1v) is 9.28. The maximum atomic E-state index is 14.5. The highest BCUT2D eigenvalue weighted by Crippen LogP contribution is 2.35. The minimum Gasteiger partial charge on any atom is -0.465 e. The Balaban J connectivity index is 1.72. The molecular formula is C21H16FN7O. The van der Waals surface area contributed by atoms with E-state index in [4.69, 9.17) is 4.74 Å². The number of imidazole rings is 1. The lowest BCUT2D eigenvalue weighted by atomic mass is 10.1. The highest BCUT2D eigenvalue weighted by Gasteiger charge is 2.23. The first-order valence-electron chi connectivity index (χ1n) is 9.28. The van der Waals surface area contributed by atoms with Gasteiger partial charge in [0.1, 0.15) is 29.9 Å². The van der Waals surface area contributed by atoms with Crippen LogP contribution < -0.4 is 4.74 Å². The third kappa shape index (κ3) is 3.06. The van der Waals surface area contributed by atoms with Crippen molar-refractivity contribution in [1.29, 1.82) is 0 Å². The molecule has 0 saturated heterocycles. The lowest BCUT2D eigenvalue weighted by Gasteiger charge is -2.11. The molecule has 0 aliphatic carbocycles. The van der Waals surface area contributed by atoms with E-state index in [1.165, 1.54) is 12.4 Å². The number of fused-ring (bicyclic) bond motifs is 1. The number of nitrogens with zero attached hydrogens (tertiary/aromatic N) is 6. The van der Waals surface area contributed by atoms with E-state index in [9.17, 15) is 4.39 Å². The SMILES string of the molecule is CC(Oc1nc2c(-c3ccccc3F)nncn2c1-c1ccccc1)c1nc[nH]n1. The molecule has 2 aromatic carbocycles. The van der Waals surface area contributed by atoms with Crippen molar-refractivity contribution in [3.63, 3.8) is 0 Å². The molecule has 0 amide bonds. The second-order valence-electron chi connectivity index (χ2n) is 6.60. The molecular weight excluding hydrogens is 385 g/mol. The monoisotopic (exact) mass is 401 g/mol. The maximum Gasteiger partial charge on any atom is 0.241 e. The van der Waals surface area contributed by atoms with Crippen molar-refractivity contribution < 1.29 is 9.13 Å². The van der Waals surface area contributed by atoms with Gasteiger partial charge in [-0.15, -0.1) is 10.2 Å². The van der Waals surface area contributed by atoms with Crippen LogP contribution in [-0.4, -0.2) is 34.8 Å². The van der Waals surface area contributed by atoms with Crippen molar-refractivity contribution in [1.82, 2.24) is 34.8 Å². The Morgan fingerprint density at radius 2 is 1.87 bits per heavy atom. The van der Waals surface area contributed by atoms with Crippen LogP contribution >= 0.6 is 0 Å². The van der Waals surface area contributed by atoms with Crippen molar-refractivity contribution in [3.8, 4) is 28.4 Å². The number of nitrogens with one attached hydrogen (secondary N) is 1. The zero-order valence-corrected chi connectivity index (χ0v) is 15.9. The van der Waals surface area contributed by atoms with Gasteiger partial charge in [0.05, 0.1) is 0 Å². The summed E-state index contributed by atoms with van der Waals surface area (Å²) in [5, 5.41) is 15.0. The fourth-order valence-corrected chi connectivity index (χ4v) is 3.27. The van der Waals surface area contributed by atoms with Crippen LogP contribution in [0.15, 0.2) is 67.3 Å². The van der Waals surface area contributed by atoms with Crippen LogP contribution in [0.2, 0.25) is 0 Å². The zero-order valence-electron chi connectivity index (χ0n) is 15.9. The Morgan fingerprint density at radius 1 is 1.07 bits per heavy atom. The third-order valence-electron chi connectivity index (χ3n) is 4.68. The first kappa shape index (κ1) is 17.9. The van der Waals surface area contributed by atoms with Gasteiger partial charge in [0.15, 0.2) is 17.6 Å². The van der Waals surface area contributed by atoms with Crippen LogP contribution in [0.3, 0.4) is 0 Å². The van der Waals surface area contributed by atoms with E-state index in [-0.39, 0.29) is 0 Å². The molecule has 0 radical (unpaired) electrons. The molecule has 1 atom stereocenters. The molecule has 0 aliphatic rings. The van der Waals surface area contributed by atoms with Crippen molar-refractivity contribution in [2.45, 2.75) is 13.0 Å². The molecule has 0 fully saturated rings. The highest BCUT2D eigenvalue weighted by molar-refractivity contribution is 5.79. The first-order chi connectivity index (χ1) is 14.7. The molecule has 9 heteroatoms. The average Bonchev–Trinajstić information content (AvgIpc) is 3.43. The lowest BCUT2D eigenvalue weighted by Crippen LogP contribution is -2.06. The van der Waals surface area contributed by atoms with E-state index in [0.717, 1.165) is 5.56 Å². The molecule has 148 valence electrons. The van der Waals surface area contributed by atoms with Crippen LogP contribution in [0.4, 0.5) is 4.39 Å². The summed E-state index contributed by atoms with van der Waals surface area (Å²) < 4.78 is 22.4. The van der Waals surface area contributed by atoms with E-state index in [0.29, 0.717) is 34.3 Å². The van der Waals surface area contributed by atoms with E-state index in [1.807, 2.05) is 37.3 Å². The quantitative estimate of drug-likeness (QED) is 0.481. The van der Waals surface area contributed by atoms with Crippen LogP contribution in [0.25, 0.3) is 28.2 Å². The van der Waals surface area contributed by atoms with E-state index >= 15 is 0 Å². The molecule has 5 rings (SSSR count). The molecule has 0 saturated carbocycles. The molecule has 0 spiro atoms. The second kappa shape index (κ2) is 7.36. The summed E-state index contributed by atoms with van der Waals surface area (Å²) >= 11 is 0. The van der Waals surface area contributed by atoms with Gasteiger partial charge in [0.25, 0.3) is 0 Å². The number of aromatic amines is 1. The predicted octanol–water partition coefficient (Wildman–Crippen LogP) is 3.86. The summed E-state index contributed by atoms with van der Waals surface area (Å²) in [6.45, 7) is 1.83. The fourth-order valence-electron chi connectivity index (χ4n) is 3.27. The summed E-state index contributed by atoms with van der Waals surface area (Å²) in [6.07, 6.45) is 2.57. The summed E-state index contributed by atoms with van der Waals surface area (Å²) in [5.41, 5.74) is 2.63. The Morgan fingerprint density at radius 3 is 2.63 bits per heavy atom. The summed E-state index contributed by atoms with van der Waals surface area (Å²) in [5.74, 6) is 0.447. The minimum absolute atomic E-state index is 0.314. The van der Waals surface area contributed by atoms with E-state index < -0.39 is 11.9 Å². The highest BCUT2D eigenvalue weighted by atomic mass is 19.1. The number of halogens is 1. The van der Waals surface area contributed by atoms with Gasteiger partial charge in [-0.2, -0.15) is 10.1 Å². The molecule has 3 aromatic heterocycles. The molecule has 30 heavy (non-hydrogen) atoms. The number of hydrogen-bond acceptors (Lipinski definition) is 6. The van der Waals surface area contributed by atoms with Crippen molar-refractivity contribution in [2.75, 3.05) is 0 Å². The standard InChI is InChI=1S/C21H16FN7O/c1-13(19-23-11-24-28-19)30-21-18(14-7-3-2-4-8-14)29-12-25-27-17(20(29)26-21)15-9-5-6-10-16(15)22/h2-13H,1H3,(H,23,24,28). The van der Waals surface area contributed by atoms with Crippen LogP contribution in [0.1, 0.15) is 18.9 Å². The largest absolute Gasteiger partial charge is 0.465 e. The van der Waals surface area contributed by atoms with Gasteiger partial charge < -0.3 is 4.74 Å². The normalized spacial score (nSPS) is 12.2. The molecule has 8 nitrogen and oxygen atoms in total. The Hall–Kier alpha value is -4.14. The van der Waals surface area contributed by atoms with Gasteiger partial charge >= 0.3 is 0 Å². The minimum atomic E-state index is -0.457. The van der Waals surface area contributed by atoms with E-state index in [1.54, 1.807) is 28.9 Å². The number of H-pyrrole nitrogens is 1. The summed E-state index contributed by atoms with van der Waals surface area (Å²) in [7, 11) is 0. The smallest absolute Gasteiger partial charge is 0.241 e. The zero-order chi connectivity index (χ0) is 20.5. The van der Waals surface area contributed by atoms with Crippen LogP contribution in [-0.2, 0) is 0 Å². The number of aromatic nitrogens is 7. The number of hydrogen-bond donors (Lipinski definition) is 1. The fraction of sp³-hybridized carbons (Fsp3) is 0.0952. The molecule has 1 N–H and O–H groups in total. The molecule has 3 heterocycles. The predicted molar refractivity (Wildman–Crippen MR) is 107 cm³/mol. The van der Waals surface area contributed by atoms with Crippen LogP contribution in [0, 0.1) is 5.82 Å². The Bertz CT molecular complexity index is 1300. The number of ether oxygens (including phenoxy) is 1. The topological polar surface area (TPSA) is 93.9 Å². The average molecular weight is 401 g/mol. The molecule has 0 aliphatic heterocycles. The van der Waals surface area contributed by atoms with Gasteiger partial charge in [-0.3, -0.25) is 9.50 Å². The van der Waals surface area contributed by atoms with Crippen LogP contribution in [0.5, 0.6) is 5.88 Å². The van der Waals surface area contributed by atoms with Gasteiger partial charge in [-0.05, 0) is 19.1 Å². The van der Waals surface area contributed by atoms with E-state index in [2.05, 4.69) is 30.4 Å². The number of benzene rings is 2. The summed E-state index contributed by atoms with van der Waals surface area (Å²) in [6, 6.07) is 16.0. The summed E-state index contributed by atoms with van der Waals surface area (Å²) in [4.78, 5) is 8.81. The Kier molecular flexibility index (Phi) is 4.40. The molecule has 0 bridgehead atoms. The second-order valence-corrected chi connectivity index (χ2v) is 6.60.